The van der Waals surface area contributed by atoms with Crippen LogP contribution in [0.4, 0.5) is 0 Å². The second kappa shape index (κ2) is 5.80. The molecule has 0 aliphatic carbocycles. The highest BCUT2D eigenvalue weighted by Gasteiger charge is 2.43. The Balaban J connectivity index is 1.81. The molecule has 2 fully saturated rings. The average molecular weight is 276 g/mol. The summed E-state index contributed by atoms with van der Waals surface area (Å²) in [5, 5.41) is 3.48. The molecule has 0 bridgehead atoms. The third-order valence-electron chi connectivity index (χ3n) is 4.73. The number of ether oxygens (including phenoxy) is 2. The zero-order valence-corrected chi connectivity index (χ0v) is 12.4. The van der Waals surface area contributed by atoms with Crippen LogP contribution in [-0.2, 0) is 9.47 Å². The van der Waals surface area contributed by atoms with Crippen molar-refractivity contribution in [2.24, 2.45) is 5.92 Å². The first-order valence-electron chi connectivity index (χ1n) is 7.55. The average Bonchev–Trinajstić information content (AvgIpc) is 2.90. The van der Waals surface area contributed by atoms with Crippen LogP contribution in [0.15, 0.2) is 18.3 Å². The van der Waals surface area contributed by atoms with E-state index in [1.807, 2.05) is 19.3 Å². The van der Waals surface area contributed by atoms with E-state index in [-0.39, 0.29) is 5.60 Å². The maximum absolute atomic E-state index is 6.04. The number of pyridine rings is 1. The van der Waals surface area contributed by atoms with Gasteiger partial charge in [-0.05, 0) is 44.4 Å². The summed E-state index contributed by atoms with van der Waals surface area (Å²) in [4.78, 5) is 4.61. The van der Waals surface area contributed by atoms with E-state index in [2.05, 4.69) is 23.3 Å². The van der Waals surface area contributed by atoms with Crippen molar-refractivity contribution in [3.05, 3.63) is 29.6 Å². The van der Waals surface area contributed by atoms with E-state index in [0.29, 0.717) is 12.0 Å². The summed E-state index contributed by atoms with van der Waals surface area (Å²) in [5.41, 5.74) is 2.40. The van der Waals surface area contributed by atoms with Gasteiger partial charge in [-0.15, -0.1) is 0 Å². The summed E-state index contributed by atoms with van der Waals surface area (Å²) in [7, 11) is 2.03. The number of aromatic nitrogens is 1. The van der Waals surface area contributed by atoms with E-state index in [1.54, 1.807) is 0 Å². The lowest BCUT2D eigenvalue weighted by Crippen LogP contribution is -2.44. The predicted molar refractivity (Wildman–Crippen MR) is 77.6 cm³/mol. The zero-order valence-electron chi connectivity index (χ0n) is 12.4. The lowest BCUT2D eigenvalue weighted by Gasteiger charge is -2.40. The molecule has 1 spiro atoms. The Morgan fingerprint density at radius 2 is 2.35 bits per heavy atom. The molecule has 3 unspecified atom stereocenters. The summed E-state index contributed by atoms with van der Waals surface area (Å²) in [6, 6.07) is 4.44. The van der Waals surface area contributed by atoms with E-state index in [0.717, 1.165) is 39.1 Å². The summed E-state index contributed by atoms with van der Waals surface area (Å²) >= 11 is 0. The van der Waals surface area contributed by atoms with E-state index in [4.69, 9.17) is 9.47 Å². The molecule has 1 aromatic heterocycles. The van der Waals surface area contributed by atoms with Gasteiger partial charge in [0.15, 0.2) is 0 Å². The Morgan fingerprint density at radius 1 is 1.45 bits per heavy atom. The SMILES string of the molecule is CNC(c1ncccc1C)C1CCOC2(CCOC2)C1. The Morgan fingerprint density at radius 3 is 3.05 bits per heavy atom. The number of hydrogen-bond donors (Lipinski definition) is 1. The van der Waals surface area contributed by atoms with Crippen LogP contribution in [0.25, 0.3) is 0 Å². The fourth-order valence-electron chi connectivity index (χ4n) is 3.63. The van der Waals surface area contributed by atoms with Crippen molar-refractivity contribution in [3.63, 3.8) is 0 Å². The lowest BCUT2D eigenvalue weighted by atomic mass is 9.79. The highest BCUT2D eigenvalue weighted by atomic mass is 16.6. The first-order chi connectivity index (χ1) is 9.74. The minimum Gasteiger partial charge on any atom is -0.378 e. The molecule has 2 saturated heterocycles. The summed E-state index contributed by atoms with van der Waals surface area (Å²) in [6.07, 6.45) is 5.07. The van der Waals surface area contributed by atoms with Gasteiger partial charge in [0, 0.05) is 25.8 Å². The molecular weight excluding hydrogens is 252 g/mol. The minimum atomic E-state index is -0.0410. The second-order valence-corrected chi connectivity index (χ2v) is 6.06. The number of nitrogens with one attached hydrogen (secondary N) is 1. The second-order valence-electron chi connectivity index (χ2n) is 6.06. The predicted octanol–water partition coefficient (Wildman–Crippen LogP) is 2.24. The molecule has 0 radical (unpaired) electrons. The van der Waals surface area contributed by atoms with E-state index in [9.17, 15) is 0 Å². The molecule has 20 heavy (non-hydrogen) atoms. The smallest absolute Gasteiger partial charge is 0.0940 e. The molecule has 4 nitrogen and oxygen atoms in total. The van der Waals surface area contributed by atoms with Crippen LogP contribution in [-0.4, -0.2) is 37.5 Å². The number of nitrogens with zero attached hydrogens (tertiary/aromatic N) is 1. The highest BCUT2D eigenvalue weighted by Crippen LogP contribution is 2.40. The fourth-order valence-corrected chi connectivity index (χ4v) is 3.63. The molecule has 110 valence electrons. The summed E-state index contributed by atoms with van der Waals surface area (Å²) in [5.74, 6) is 0.559. The molecule has 1 aromatic rings. The Bertz CT molecular complexity index is 458. The lowest BCUT2D eigenvalue weighted by molar-refractivity contribution is -0.103. The summed E-state index contributed by atoms with van der Waals surface area (Å²) in [6.45, 7) is 4.55. The first kappa shape index (κ1) is 14.0. The van der Waals surface area contributed by atoms with Gasteiger partial charge in [0.25, 0.3) is 0 Å². The molecular formula is C16H24N2O2. The molecule has 3 heterocycles. The monoisotopic (exact) mass is 276 g/mol. The maximum Gasteiger partial charge on any atom is 0.0940 e. The zero-order chi connectivity index (χ0) is 14.0. The molecule has 3 atom stereocenters. The summed E-state index contributed by atoms with van der Waals surface area (Å²) < 4.78 is 11.6. The minimum absolute atomic E-state index is 0.0410. The van der Waals surface area contributed by atoms with Gasteiger partial charge < -0.3 is 14.8 Å². The Kier molecular flexibility index (Phi) is 4.06. The molecule has 2 aliphatic rings. The maximum atomic E-state index is 6.04. The number of aryl methyl sites for hydroxylation is 1. The van der Waals surface area contributed by atoms with Gasteiger partial charge in [-0.3, -0.25) is 4.98 Å². The molecule has 0 saturated carbocycles. The van der Waals surface area contributed by atoms with Gasteiger partial charge in [0.05, 0.1) is 23.9 Å². The van der Waals surface area contributed by atoms with Gasteiger partial charge in [-0.1, -0.05) is 6.07 Å². The van der Waals surface area contributed by atoms with Crippen molar-refractivity contribution in [2.75, 3.05) is 26.9 Å². The van der Waals surface area contributed by atoms with Gasteiger partial charge in [-0.2, -0.15) is 0 Å². The largest absolute Gasteiger partial charge is 0.378 e. The van der Waals surface area contributed by atoms with Crippen LogP contribution < -0.4 is 5.32 Å². The van der Waals surface area contributed by atoms with Crippen LogP contribution in [0.2, 0.25) is 0 Å². The van der Waals surface area contributed by atoms with Crippen LogP contribution in [0, 0.1) is 12.8 Å². The van der Waals surface area contributed by atoms with Crippen LogP contribution in [0.3, 0.4) is 0 Å². The molecule has 0 aromatic carbocycles. The van der Waals surface area contributed by atoms with Crippen LogP contribution in [0.1, 0.15) is 36.6 Å². The normalized spacial score (nSPS) is 31.6. The standard InChI is InChI=1S/C16H24N2O2/c1-12-4-3-7-18-14(12)15(17-2)13-5-8-20-16(10-13)6-9-19-11-16/h3-4,7,13,15,17H,5-6,8-11H2,1-2H3. The van der Waals surface area contributed by atoms with Gasteiger partial charge in [0.2, 0.25) is 0 Å². The van der Waals surface area contributed by atoms with Crippen molar-refractivity contribution in [1.29, 1.82) is 0 Å². The molecule has 0 amide bonds. The van der Waals surface area contributed by atoms with Gasteiger partial charge >= 0.3 is 0 Å². The van der Waals surface area contributed by atoms with Crippen LogP contribution >= 0.6 is 0 Å². The Labute approximate surface area is 120 Å². The van der Waals surface area contributed by atoms with Crippen molar-refractivity contribution in [1.82, 2.24) is 10.3 Å². The molecule has 1 N–H and O–H groups in total. The number of hydrogen-bond acceptors (Lipinski definition) is 4. The third kappa shape index (κ3) is 2.60. The van der Waals surface area contributed by atoms with E-state index < -0.39 is 0 Å². The van der Waals surface area contributed by atoms with Crippen molar-refractivity contribution >= 4 is 0 Å². The first-order valence-corrected chi connectivity index (χ1v) is 7.55. The van der Waals surface area contributed by atoms with E-state index >= 15 is 0 Å². The molecule has 3 rings (SSSR count). The molecule has 4 heteroatoms. The molecule has 2 aliphatic heterocycles. The van der Waals surface area contributed by atoms with Gasteiger partial charge in [-0.25, -0.2) is 0 Å². The van der Waals surface area contributed by atoms with E-state index in [1.165, 1.54) is 11.3 Å². The van der Waals surface area contributed by atoms with Crippen molar-refractivity contribution in [3.8, 4) is 0 Å². The number of rotatable bonds is 3. The van der Waals surface area contributed by atoms with Crippen molar-refractivity contribution in [2.45, 2.75) is 37.8 Å². The van der Waals surface area contributed by atoms with Crippen molar-refractivity contribution < 1.29 is 9.47 Å². The highest BCUT2D eigenvalue weighted by molar-refractivity contribution is 5.22. The fraction of sp³-hybridized carbons (Fsp3) is 0.688. The Hall–Kier alpha value is -0.970. The third-order valence-corrected chi connectivity index (χ3v) is 4.73. The van der Waals surface area contributed by atoms with Gasteiger partial charge in [0.1, 0.15) is 0 Å². The topological polar surface area (TPSA) is 43.4 Å². The quantitative estimate of drug-likeness (QED) is 0.919. The van der Waals surface area contributed by atoms with Crippen LogP contribution in [0.5, 0.6) is 0 Å².